The van der Waals surface area contributed by atoms with Crippen LogP contribution >= 0.6 is 11.8 Å². The molecule has 0 saturated carbocycles. The average molecular weight is 317 g/mol. The van der Waals surface area contributed by atoms with Gasteiger partial charge in [-0.1, -0.05) is 23.9 Å². The highest BCUT2D eigenvalue weighted by atomic mass is 32.2. The molecule has 0 aliphatic rings. The van der Waals surface area contributed by atoms with Crippen molar-refractivity contribution < 1.29 is 4.79 Å². The van der Waals surface area contributed by atoms with Gasteiger partial charge < -0.3 is 16.8 Å². The number of aromatic nitrogens is 2. The van der Waals surface area contributed by atoms with E-state index in [9.17, 15) is 4.79 Å². The van der Waals surface area contributed by atoms with Gasteiger partial charge in [-0.15, -0.1) is 0 Å². The fraction of sp³-hybridized carbons (Fsp3) is 0.267. The number of nitrogen functional groups attached to an aromatic ring is 2. The third-order valence-corrected chi connectivity index (χ3v) is 4.03. The van der Waals surface area contributed by atoms with Crippen molar-refractivity contribution in [3.63, 3.8) is 0 Å². The molecule has 22 heavy (non-hydrogen) atoms. The van der Waals surface area contributed by atoms with Crippen LogP contribution in [0.25, 0.3) is 0 Å². The molecule has 1 heterocycles. The van der Waals surface area contributed by atoms with Gasteiger partial charge in [-0.25, -0.2) is 9.97 Å². The molecule has 1 aromatic heterocycles. The lowest BCUT2D eigenvalue weighted by Crippen LogP contribution is -2.13. The number of aryl methyl sites for hydroxylation is 1. The van der Waals surface area contributed by atoms with Gasteiger partial charge in [0, 0.05) is 23.9 Å². The molecule has 0 atom stereocenters. The molecular formula is C15H19N5OS. The van der Waals surface area contributed by atoms with Crippen molar-refractivity contribution in [1.82, 2.24) is 9.97 Å². The topological polar surface area (TPSA) is 107 Å². The fourth-order valence-electron chi connectivity index (χ4n) is 1.86. The molecule has 5 N–H and O–H groups in total. The predicted octanol–water partition coefficient (Wildman–Crippen LogP) is 2.38. The van der Waals surface area contributed by atoms with E-state index in [4.69, 9.17) is 11.5 Å². The Morgan fingerprint density at radius 1 is 1.23 bits per heavy atom. The zero-order valence-electron chi connectivity index (χ0n) is 12.6. The number of nitrogens with zero attached hydrogens (tertiary/aromatic N) is 2. The number of carbonyl (C=O) groups excluding carboxylic acids is 1. The number of benzene rings is 1. The summed E-state index contributed by atoms with van der Waals surface area (Å²) < 4.78 is 0. The van der Waals surface area contributed by atoms with Crippen LogP contribution in [0, 0.1) is 13.8 Å². The van der Waals surface area contributed by atoms with Crippen molar-refractivity contribution in [1.29, 1.82) is 0 Å². The Kier molecular flexibility index (Phi) is 5.21. The molecular weight excluding hydrogens is 298 g/mol. The first-order valence-corrected chi connectivity index (χ1v) is 7.83. The van der Waals surface area contributed by atoms with Gasteiger partial charge >= 0.3 is 0 Å². The zero-order valence-corrected chi connectivity index (χ0v) is 13.4. The molecule has 0 saturated heterocycles. The lowest BCUT2D eigenvalue weighted by atomic mass is 10.1. The Balaban J connectivity index is 1.86. The minimum atomic E-state index is -0.0434. The van der Waals surface area contributed by atoms with E-state index in [2.05, 4.69) is 15.3 Å². The molecule has 0 radical (unpaired) electrons. The number of hydrogen-bond acceptors (Lipinski definition) is 6. The smallest absolute Gasteiger partial charge is 0.225 e. The Bertz CT molecular complexity index is 669. The van der Waals surface area contributed by atoms with Crippen LogP contribution in [0.2, 0.25) is 0 Å². The van der Waals surface area contributed by atoms with Crippen molar-refractivity contribution >= 4 is 35.0 Å². The van der Waals surface area contributed by atoms with Crippen LogP contribution in [0.15, 0.2) is 29.4 Å². The van der Waals surface area contributed by atoms with Crippen LogP contribution in [0.1, 0.15) is 17.5 Å². The van der Waals surface area contributed by atoms with Gasteiger partial charge in [0.1, 0.15) is 11.6 Å². The van der Waals surface area contributed by atoms with Gasteiger partial charge in [-0.3, -0.25) is 4.79 Å². The van der Waals surface area contributed by atoms with Crippen LogP contribution in [0.3, 0.4) is 0 Å². The molecule has 0 aliphatic carbocycles. The molecule has 0 bridgehead atoms. The van der Waals surface area contributed by atoms with Gasteiger partial charge in [-0.05, 0) is 31.0 Å². The second-order valence-electron chi connectivity index (χ2n) is 4.89. The van der Waals surface area contributed by atoms with E-state index in [0.29, 0.717) is 29.0 Å². The van der Waals surface area contributed by atoms with Gasteiger partial charge in [-0.2, -0.15) is 0 Å². The Hall–Kier alpha value is -2.28. The predicted molar refractivity (Wildman–Crippen MR) is 90.7 cm³/mol. The molecule has 1 amide bonds. The molecule has 0 aliphatic heterocycles. The highest BCUT2D eigenvalue weighted by molar-refractivity contribution is 7.99. The minimum Gasteiger partial charge on any atom is -0.383 e. The van der Waals surface area contributed by atoms with E-state index in [1.54, 1.807) is 0 Å². The number of nitrogens with two attached hydrogens (primary N) is 2. The number of hydrogen-bond donors (Lipinski definition) is 3. The molecule has 116 valence electrons. The molecule has 2 aromatic rings. The number of rotatable bonds is 5. The lowest BCUT2D eigenvalue weighted by Gasteiger charge is -2.10. The van der Waals surface area contributed by atoms with Crippen LogP contribution in [0.4, 0.5) is 17.3 Å². The summed E-state index contributed by atoms with van der Waals surface area (Å²) in [5, 5.41) is 3.40. The first kappa shape index (κ1) is 16.1. The molecule has 0 fully saturated rings. The van der Waals surface area contributed by atoms with Crippen molar-refractivity contribution in [2.45, 2.75) is 25.4 Å². The quantitative estimate of drug-likeness (QED) is 0.577. The number of anilines is 3. The van der Waals surface area contributed by atoms with Crippen molar-refractivity contribution in [2.75, 3.05) is 22.5 Å². The van der Waals surface area contributed by atoms with Crippen LogP contribution in [0.5, 0.6) is 0 Å². The standard InChI is InChI=1S/C15H19N5OS/c1-9-4-3-5-11(10(9)2)18-14(21)6-7-22-15-19-12(16)8-13(17)20-15/h3-5,8H,6-7H2,1-2H3,(H,18,21)(H4,16,17,19,20). The third kappa shape index (κ3) is 4.36. The summed E-state index contributed by atoms with van der Waals surface area (Å²) >= 11 is 1.35. The molecule has 6 nitrogen and oxygen atoms in total. The summed E-state index contributed by atoms with van der Waals surface area (Å²) in [5.41, 5.74) is 14.3. The van der Waals surface area contributed by atoms with Crippen LogP contribution < -0.4 is 16.8 Å². The monoisotopic (exact) mass is 317 g/mol. The Labute approximate surface area is 133 Å². The fourth-order valence-corrected chi connectivity index (χ4v) is 2.67. The molecule has 0 unspecified atom stereocenters. The first-order chi connectivity index (χ1) is 10.5. The summed E-state index contributed by atoms with van der Waals surface area (Å²) in [4.78, 5) is 20.1. The van der Waals surface area contributed by atoms with Crippen LogP contribution in [-0.4, -0.2) is 21.6 Å². The highest BCUT2D eigenvalue weighted by Gasteiger charge is 2.07. The maximum Gasteiger partial charge on any atom is 0.225 e. The normalized spacial score (nSPS) is 10.5. The number of nitrogens with one attached hydrogen (secondary N) is 1. The van der Waals surface area contributed by atoms with Gasteiger partial charge in [0.15, 0.2) is 5.16 Å². The van der Waals surface area contributed by atoms with Gasteiger partial charge in [0.05, 0.1) is 0 Å². The van der Waals surface area contributed by atoms with Crippen molar-refractivity contribution in [2.24, 2.45) is 0 Å². The number of amides is 1. The van der Waals surface area contributed by atoms with Gasteiger partial charge in [0.2, 0.25) is 5.91 Å². The number of thioether (sulfide) groups is 1. The van der Waals surface area contributed by atoms with E-state index >= 15 is 0 Å². The Morgan fingerprint density at radius 3 is 2.59 bits per heavy atom. The summed E-state index contributed by atoms with van der Waals surface area (Å²) in [6.45, 7) is 4.01. The Morgan fingerprint density at radius 2 is 1.91 bits per heavy atom. The maximum absolute atomic E-state index is 12.0. The minimum absolute atomic E-state index is 0.0434. The first-order valence-electron chi connectivity index (χ1n) is 6.84. The lowest BCUT2D eigenvalue weighted by molar-refractivity contribution is -0.115. The summed E-state index contributed by atoms with van der Waals surface area (Å²) in [5.74, 6) is 1.17. The third-order valence-electron chi connectivity index (χ3n) is 3.18. The van der Waals surface area contributed by atoms with Gasteiger partial charge in [0.25, 0.3) is 0 Å². The van der Waals surface area contributed by atoms with Crippen molar-refractivity contribution in [3.8, 4) is 0 Å². The summed E-state index contributed by atoms with van der Waals surface area (Å²) in [6.07, 6.45) is 0.357. The van der Waals surface area contributed by atoms with E-state index in [1.165, 1.54) is 17.8 Å². The van der Waals surface area contributed by atoms with E-state index in [1.807, 2.05) is 32.0 Å². The largest absolute Gasteiger partial charge is 0.383 e. The van der Waals surface area contributed by atoms with Crippen LogP contribution in [-0.2, 0) is 4.79 Å². The summed E-state index contributed by atoms with van der Waals surface area (Å²) in [6, 6.07) is 7.34. The average Bonchev–Trinajstić information content (AvgIpc) is 2.43. The second-order valence-corrected chi connectivity index (χ2v) is 5.96. The van der Waals surface area contributed by atoms with Crippen molar-refractivity contribution in [3.05, 3.63) is 35.4 Å². The maximum atomic E-state index is 12.0. The van der Waals surface area contributed by atoms with E-state index < -0.39 is 0 Å². The zero-order chi connectivity index (χ0) is 16.1. The van der Waals surface area contributed by atoms with E-state index in [-0.39, 0.29) is 5.91 Å². The summed E-state index contributed by atoms with van der Waals surface area (Å²) in [7, 11) is 0. The highest BCUT2D eigenvalue weighted by Crippen LogP contribution is 2.20. The van der Waals surface area contributed by atoms with E-state index in [0.717, 1.165) is 16.8 Å². The SMILES string of the molecule is Cc1cccc(NC(=O)CCSc2nc(N)cc(N)n2)c1C. The molecule has 2 rings (SSSR count). The second kappa shape index (κ2) is 7.13. The number of carbonyl (C=O) groups is 1. The molecule has 7 heteroatoms. The molecule has 0 spiro atoms. The molecule has 1 aromatic carbocycles.